The largest absolute Gasteiger partial charge is 0.480 e. The van der Waals surface area contributed by atoms with Crippen LogP contribution in [0.1, 0.15) is 18.7 Å². The van der Waals surface area contributed by atoms with E-state index in [0.717, 1.165) is 0 Å². The Morgan fingerprint density at radius 1 is 1.65 bits per heavy atom. The van der Waals surface area contributed by atoms with Gasteiger partial charge in [-0.15, -0.1) is 0 Å². The van der Waals surface area contributed by atoms with Crippen LogP contribution in [0.5, 0.6) is 0 Å². The number of aliphatic carboxylic acids is 1. The zero-order chi connectivity index (χ0) is 12.7. The molecule has 0 aliphatic heterocycles. The van der Waals surface area contributed by atoms with Crippen LogP contribution in [-0.2, 0) is 9.53 Å². The van der Waals surface area contributed by atoms with E-state index < -0.39 is 12.0 Å². The topological polar surface area (TPSA) is 84.3 Å². The van der Waals surface area contributed by atoms with Crippen LogP contribution in [0.25, 0.3) is 0 Å². The van der Waals surface area contributed by atoms with E-state index in [1.54, 1.807) is 26.3 Å². The minimum absolute atomic E-state index is 0.492. The zero-order valence-electron chi connectivity index (χ0n) is 10.0. The third kappa shape index (κ3) is 4.78. The van der Waals surface area contributed by atoms with Crippen LogP contribution in [0.3, 0.4) is 0 Å². The fraction of sp³-hybridized carbons (Fsp3) is 0.545. The lowest BCUT2D eigenvalue weighted by atomic mass is 10.1. The quantitative estimate of drug-likeness (QED) is 0.692. The van der Waals surface area contributed by atoms with Crippen molar-refractivity contribution in [3.05, 3.63) is 18.1 Å². The van der Waals surface area contributed by atoms with E-state index >= 15 is 0 Å². The molecule has 0 aliphatic carbocycles. The number of methoxy groups -OCH3 is 1. The Labute approximate surface area is 100 Å². The summed E-state index contributed by atoms with van der Waals surface area (Å²) in [6.07, 6.45) is 2.77. The first-order valence-corrected chi connectivity index (χ1v) is 5.41. The van der Waals surface area contributed by atoms with Crippen LogP contribution in [0.4, 0.5) is 5.82 Å². The maximum absolute atomic E-state index is 11.0. The predicted octanol–water partition coefficient (Wildman–Crippen LogP) is 1.08. The van der Waals surface area contributed by atoms with E-state index in [0.29, 0.717) is 31.1 Å². The van der Waals surface area contributed by atoms with Gasteiger partial charge in [0.15, 0.2) is 0 Å². The molecule has 1 unspecified atom stereocenters. The maximum Gasteiger partial charge on any atom is 0.326 e. The van der Waals surface area contributed by atoms with Gasteiger partial charge in [-0.1, -0.05) is 0 Å². The average Bonchev–Trinajstić information content (AvgIpc) is 2.28. The van der Waals surface area contributed by atoms with Gasteiger partial charge >= 0.3 is 5.97 Å². The summed E-state index contributed by atoms with van der Waals surface area (Å²) in [5, 5.41) is 11.9. The van der Waals surface area contributed by atoms with Crippen LogP contribution in [0, 0.1) is 6.92 Å². The summed E-state index contributed by atoms with van der Waals surface area (Å²) in [7, 11) is 1.59. The van der Waals surface area contributed by atoms with E-state index in [1.165, 1.54) is 0 Å². The van der Waals surface area contributed by atoms with Gasteiger partial charge in [0.25, 0.3) is 0 Å². The van der Waals surface area contributed by atoms with E-state index in [9.17, 15) is 4.79 Å². The van der Waals surface area contributed by atoms with Crippen molar-refractivity contribution in [3.8, 4) is 0 Å². The summed E-state index contributed by atoms with van der Waals surface area (Å²) in [5.41, 5.74) is 0. The highest BCUT2D eigenvalue weighted by Gasteiger charge is 2.17. The molecule has 0 bridgehead atoms. The van der Waals surface area contributed by atoms with Crippen molar-refractivity contribution >= 4 is 11.8 Å². The minimum atomic E-state index is -0.891. The highest BCUT2D eigenvalue weighted by atomic mass is 16.5. The van der Waals surface area contributed by atoms with Gasteiger partial charge < -0.3 is 15.2 Å². The number of carboxylic acids is 1. The number of nitrogens with one attached hydrogen (secondary N) is 1. The third-order valence-corrected chi connectivity index (χ3v) is 2.24. The van der Waals surface area contributed by atoms with Crippen LogP contribution >= 0.6 is 0 Å². The number of nitrogens with zero attached hydrogens (tertiary/aromatic N) is 2. The summed E-state index contributed by atoms with van der Waals surface area (Å²) >= 11 is 0. The van der Waals surface area contributed by atoms with Crippen molar-refractivity contribution < 1.29 is 14.6 Å². The molecule has 2 N–H and O–H groups in total. The number of carbonyl (C=O) groups is 1. The third-order valence-electron chi connectivity index (χ3n) is 2.24. The molecule has 0 saturated heterocycles. The van der Waals surface area contributed by atoms with Gasteiger partial charge in [0, 0.05) is 19.9 Å². The molecule has 1 aromatic rings. The molecule has 0 saturated carbocycles. The molecule has 94 valence electrons. The molecule has 1 atom stereocenters. The zero-order valence-corrected chi connectivity index (χ0v) is 10.0. The van der Waals surface area contributed by atoms with Crippen LogP contribution in [-0.4, -0.2) is 40.8 Å². The summed E-state index contributed by atoms with van der Waals surface area (Å²) in [5.74, 6) is 0.246. The molecule has 0 aromatic carbocycles. The fourth-order valence-corrected chi connectivity index (χ4v) is 1.40. The Hall–Kier alpha value is -1.69. The molecule has 6 heteroatoms. The molecule has 1 rings (SSSR count). The number of rotatable bonds is 7. The monoisotopic (exact) mass is 239 g/mol. The second-order valence-electron chi connectivity index (χ2n) is 3.66. The normalized spacial score (nSPS) is 12.1. The molecule has 0 spiro atoms. The van der Waals surface area contributed by atoms with Crippen molar-refractivity contribution in [1.82, 2.24) is 9.97 Å². The van der Waals surface area contributed by atoms with Crippen molar-refractivity contribution in [3.63, 3.8) is 0 Å². The molecule has 0 fully saturated rings. The Morgan fingerprint density at radius 3 is 3.00 bits per heavy atom. The van der Waals surface area contributed by atoms with Gasteiger partial charge in [0.2, 0.25) is 0 Å². The number of hydrogen-bond acceptors (Lipinski definition) is 5. The molecule has 0 radical (unpaired) electrons. The fourth-order valence-electron chi connectivity index (χ4n) is 1.40. The highest BCUT2D eigenvalue weighted by molar-refractivity contribution is 5.76. The van der Waals surface area contributed by atoms with Crippen LogP contribution < -0.4 is 5.32 Å². The first-order valence-electron chi connectivity index (χ1n) is 5.41. The molecular formula is C11H17N3O3. The SMILES string of the molecule is COCCCC(Nc1ccnc(C)n1)C(=O)O. The summed E-state index contributed by atoms with van der Waals surface area (Å²) < 4.78 is 4.89. The van der Waals surface area contributed by atoms with Gasteiger partial charge in [0.05, 0.1) is 0 Å². The number of aromatic nitrogens is 2. The first kappa shape index (κ1) is 13.4. The number of anilines is 1. The summed E-state index contributed by atoms with van der Waals surface area (Å²) in [4.78, 5) is 19.1. The Kier molecular flexibility index (Phi) is 5.35. The predicted molar refractivity (Wildman–Crippen MR) is 62.9 cm³/mol. The van der Waals surface area contributed by atoms with Gasteiger partial charge in [-0.05, 0) is 25.8 Å². The van der Waals surface area contributed by atoms with Crippen molar-refractivity contribution in [2.24, 2.45) is 0 Å². The maximum atomic E-state index is 11.0. The number of carboxylic acid groups (broad SMARTS) is 1. The lowest BCUT2D eigenvalue weighted by Crippen LogP contribution is -2.30. The Balaban J connectivity index is 2.57. The smallest absolute Gasteiger partial charge is 0.326 e. The van der Waals surface area contributed by atoms with Crippen molar-refractivity contribution in [1.29, 1.82) is 0 Å². The molecule has 6 nitrogen and oxygen atoms in total. The Morgan fingerprint density at radius 2 is 2.41 bits per heavy atom. The van der Waals surface area contributed by atoms with E-state index in [-0.39, 0.29) is 0 Å². The summed E-state index contributed by atoms with van der Waals surface area (Å²) in [6, 6.07) is 0.999. The second-order valence-corrected chi connectivity index (χ2v) is 3.66. The van der Waals surface area contributed by atoms with Crippen LogP contribution in [0.15, 0.2) is 12.3 Å². The van der Waals surface area contributed by atoms with Crippen molar-refractivity contribution in [2.45, 2.75) is 25.8 Å². The standard InChI is InChI=1S/C11H17N3O3/c1-8-12-6-5-10(13-8)14-9(11(15)16)4-3-7-17-2/h5-6,9H,3-4,7H2,1-2H3,(H,15,16)(H,12,13,14). The molecular weight excluding hydrogens is 222 g/mol. The van der Waals surface area contributed by atoms with Crippen LogP contribution in [0.2, 0.25) is 0 Å². The average molecular weight is 239 g/mol. The van der Waals surface area contributed by atoms with E-state index in [2.05, 4.69) is 15.3 Å². The van der Waals surface area contributed by atoms with Gasteiger partial charge in [-0.3, -0.25) is 0 Å². The number of ether oxygens (including phenoxy) is 1. The number of hydrogen-bond donors (Lipinski definition) is 2. The highest BCUT2D eigenvalue weighted by Crippen LogP contribution is 2.08. The summed E-state index contributed by atoms with van der Waals surface area (Å²) in [6.45, 7) is 2.31. The molecule has 1 heterocycles. The Bertz CT molecular complexity index is 371. The lowest BCUT2D eigenvalue weighted by Gasteiger charge is -2.14. The molecule has 17 heavy (non-hydrogen) atoms. The van der Waals surface area contributed by atoms with E-state index in [1.807, 2.05) is 0 Å². The van der Waals surface area contributed by atoms with Gasteiger partial charge in [-0.2, -0.15) is 0 Å². The second kappa shape index (κ2) is 6.80. The molecule has 0 aliphatic rings. The lowest BCUT2D eigenvalue weighted by molar-refractivity contribution is -0.138. The van der Waals surface area contributed by atoms with Gasteiger partial charge in [-0.25, -0.2) is 14.8 Å². The molecule has 1 aromatic heterocycles. The number of aryl methyl sites for hydroxylation is 1. The van der Waals surface area contributed by atoms with Crippen molar-refractivity contribution in [2.75, 3.05) is 19.0 Å². The van der Waals surface area contributed by atoms with Gasteiger partial charge in [0.1, 0.15) is 17.7 Å². The first-order chi connectivity index (χ1) is 8.13. The molecule has 0 amide bonds. The minimum Gasteiger partial charge on any atom is -0.480 e. The van der Waals surface area contributed by atoms with E-state index in [4.69, 9.17) is 9.84 Å².